The third-order valence-corrected chi connectivity index (χ3v) is 11.9. The summed E-state index contributed by atoms with van der Waals surface area (Å²) in [5.41, 5.74) is 7.04. The van der Waals surface area contributed by atoms with E-state index in [0.29, 0.717) is 59.2 Å². The highest BCUT2D eigenvalue weighted by Crippen LogP contribution is 2.44. The highest BCUT2D eigenvalue weighted by atomic mass is 35.5. The molecule has 0 spiro atoms. The largest absolute Gasteiger partial charge is 0.493 e. The van der Waals surface area contributed by atoms with Crippen LogP contribution in [0.25, 0.3) is 11.1 Å². The zero-order valence-corrected chi connectivity index (χ0v) is 33.0. The molecule has 0 radical (unpaired) electrons. The number of likely N-dealkylation sites (tertiary alicyclic amines) is 1. The number of nitrogens with zero attached hydrogens (tertiary/aromatic N) is 3. The number of piperidine rings is 1. The Bertz CT molecular complexity index is 2090. The summed E-state index contributed by atoms with van der Waals surface area (Å²) in [6.45, 7) is 7.50. The number of hydrogen-bond donors (Lipinski definition) is 2. The number of aliphatic hydroxyl groups excluding tert-OH is 1. The first-order valence-corrected chi connectivity index (χ1v) is 20.2. The standard InChI is InChI=1S/C46H50ClFN4O4/c1-30-35(7-4-12-42(30)54-20-6-17-52-18-15-46(2,48)16-19-52)36-8-3-9-38-37(36)13-14-43(38)56-45-25-44(55-29-33-22-31(26-49)21-32(23-33)27-50)34(24-39(45)47)28-51-40-10-5-11-41(40)53/h3-4,7-9,12,21-25,40-41,43,51,53H,5-6,10-11,13-20,28-29H2,1-2H3/t40-,41-,43+/m1/s1. The van der Waals surface area contributed by atoms with Crippen LogP contribution in [0.1, 0.15) is 96.9 Å². The molecule has 1 saturated carbocycles. The van der Waals surface area contributed by atoms with Gasteiger partial charge in [-0.25, -0.2) is 4.39 Å². The summed E-state index contributed by atoms with van der Waals surface area (Å²) in [7, 11) is 0. The molecule has 292 valence electrons. The van der Waals surface area contributed by atoms with Gasteiger partial charge in [-0.15, -0.1) is 0 Å². The normalized spacial score (nSPS) is 20.2. The number of benzene rings is 4. The second kappa shape index (κ2) is 17.7. The van der Waals surface area contributed by atoms with E-state index in [9.17, 15) is 20.0 Å². The van der Waals surface area contributed by atoms with E-state index < -0.39 is 11.8 Å². The van der Waals surface area contributed by atoms with E-state index in [1.165, 1.54) is 11.1 Å². The summed E-state index contributed by atoms with van der Waals surface area (Å²) in [6, 6.07) is 25.5. The number of hydrogen-bond acceptors (Lipinski definition) is 8. The fourth-order valence-electron chi connectivity index (χ4n) is 8.34. The van der Waals surface area contributed by atoms with E-state index in [4.69, 9.17) is 25.8 Å². The number of nitrogens with one attached hydrogen (secondary N) is 1. The molecule has 2 aliphatic carbocycles. The van der Waals surface area contributed by atoms with Crippen LogP contribution in [0, 0.1) is 29.6 Å². The molecule has 10 heteroatoms. The van der Waals surface area contributed by atoms with Gasteiger partial charge in [-0.3, -0.25) is 0 Å². The Kier molecular flexibility index (Phi) is 12.5. The van der Waals surface area contributed by atoms with Crippen molar-refractivity contribution in [2.24, 2.45) is 0 Å². The van der Waals surface area contributed by atoms with Gasteiger partial charge in [0.25, 0.3) is 0 Å². The fourth-order valence-corrected chi connectivity index (χ4v) is 8.57. The van der Waals surface area contributed by atoms with Gasteiger partial charge in [-0.2, -0.15) is 10.5 Å². The van der Waals surface area contributed by atoms with Gasteiger partial charge >= 0.3 is 0 Å². The van der Waals surface area contributed by atoms with Crippen molar-refractivity contribution in [2.45, 2.75) is 102 Å². The first kappa shape index (κ1) is 39.6. The number of aliphatic hydroxyl groups is 1. The van der Waals surface area contributed by atoms with Crippen LogP contribution in [0.4, 0.5) is 4.39 Å². The van der Waals surface area contributed by atoms with Crippen LogP contribution in [0.2, 0.25) is 5.02 Å². The van der Waals surface area contributed by atoms with E-state index in [0.717, 1.165) is 86.2 Å². The summed E-state index contributed by atoms with van der Waals surface area (Å²) in [5.74, 6) is 1.96. The summed E-state index contributed by atoms with van der Waals surface area (Å²) in [4.78, 5) is 2.33. The van der Waals surface area contributed by atoms with E-state index in [1.807, 2.05) is 18.2 Å². The quantitative estimate of drug-likeness (QED) is 0.122. The maximum absolute atomic E-state index is 14.2. The van der Waals surface area contributed by atoms with Gasteiger partial charge in [0.05, 0.1) is 41.0 Å². The number of fused-ring (bicyclic) bond motifs is 1. The molecule has 56 heavy (non-hydrogen) atoms. The van der Waals surface area contributed by atoms with E-state index in [-0.39, 0.29) is 18.8 Å². The Balaban J connectivity index is 1.07. The molecule has 1 heterocycles. The van der Waals surface area contributed by atoms with Gasteiger partial charge in [0.1, 0.15) is 35.6 Å². The molecule has 8 nitrogen and oxygen atoms in total. The summed E-state index contributed by atoms with van der Waals surface area (Å²) in [5, 5.41) is 33.4. The van der Waals surface area contributed by atoms with Crippen molar-refractivity contribution in [3.63, 3.8) is 0 Å². The lowest BCUT2D eigenvalue weighted by Crippen LogP contribution is -2.40. The summed E-state index contributed by atoms with van der Waals surface area (Å²) < 4.78 is 33.6. The topological polar surface area (TPSA) is 111 Å². The molecule has 0 amide bonds. The van der Waals surface area contributed by atoms with Crippen molar-refractivity contribution in [1.29, 1.82) is 10.5 Å². The van der Waals surface area contributed by atoms with Gasteiger partial charge in [0, 0.05) is 43.9 Å². The second-order valence-electron chi connectivity index (χ2n) is 15.7. The van der Waals surface area contributed by atoms with Crippen molar-refractivity contribution >= 4 is 11.6 Å². The van der Waals surface area contributed by atoms with Crippen LogP contribution < -0.4 is 19.5 Å². The first-order valence-electron chi connectivity index (χ1n) is 19.8. The van der Waals surface area contributed by atoms with Gasteiger partial charge in [-0.1, -0.05) is 41.9 Å². The number of nitriles is 2. The maximum Gasteiger partial charge on any atom is 0.142 e. The molecular formula is C46H50ClFN4O4. The third kappa shape index (κ3) is 9.31. The molecule has 4 aromatic carbocycles. The average Bonchev–Trinajstić information content (AvgIpc) is 3.82. The molecule has 4 aromatic rings. The predicted molar refractivity (Wildman–Crippen MR) is 216 cm³/mol. The third-order valence-electron chi connectivity index (χ3n) is 11.6. The zero-order chi connectivity index (χ0) is 39.2. The van der Waals surface area contributed by atoms with Crippen molar-refractivity contribution in [3.05, 3.63) is 111 Å². The average molecular weight is 777 g/mol. The van der Waals surface area contributed by atoms with E-state index in [2.05, 4.69) is 59.6 Å². The monoisotopic (exact) mass is 776 g/mol. The van der Waals surface area contributed by atoms with Crippen LogP contribution >= 0.6 is 11.6 Å². The Labute approximate surface area is 334 Å². The van der Waals surface area contributed by atoms with Crippen LogP contribution in [0.5, 0.6) is 17.2 Å². The highest BCUT2D eigenvalue weighted by Gasteiger charge is 2.30. The molecule has 1 aliphatic heterocycles. The number of ether oxygens (including phenoxy) is 3. The van der Waals surface area contributed by atoms with Gasteiger partial charge in [-0.05, 0) is 129 Å². The van der Waals surface area contributed by atoms with Crippen molar-refractivity contribution < 1.29 is 23.7 Å². The minimum Gasteiger partial charge on any atom is -0.493 e. The number of halogens is 2. The minimum absolute atomic E-state index is 0.00988. The Morgan fingerprint density at radius 3 is 2.41 bits per heavy atom. The zero-order valence-electron chi connectivity index (χ0n) is 32.3. The molecule has 7 rings (SSSR count). The van der Waals surface area contributed by atoms with Gasteiger partial charge < -0.3 is 29.5 Å². The van der Waals surface area contributed by atoms with Crippen LogP contribution in [-0.2, 0) is 19.6 Å². The molecule has 2 fully saturated rings. The van der Waals surface area contributed by atoms with Crippen molar-refractivity contribution in [1.82, 2.24) is 10.2 Å². The summed E-state index contributed by atoms with van der Waals surface area (Å²) >= 11 is 6.94. The molecule has 3 aliphatic rings. The second-order valence-corrected chi connectivity index (χ2v) is 16.1. The Morgan fingerprint density at radius 1 is 0.929 bits per heavy atom. The van der Waals surface area contributed by atoms with Crippen molar-refractivity contribution in [2.75, 3.05) is 26.2 Å². The molecule has 2 N–H and O–H groups in total. The predicted octanol–water partition coefficient (Wildman–Crippen LogP) is 9.30. The lowest BCUT2D eigenvalue weighted by molar-refractivity contribution is 0.0715. The van der Waals surface area contributed by atoms with Gasteiger partial charge in [0.2, 0.25) is 0 Å². The number of rotatable bonds is 14. The van der Waals surface area contributed by atoms with Crippen LogP contribution in [0.15, 0.2) is 66.7 Å². The summed E-state index contributed by atoms with van der Waals surface area (Å²) in [6.07, 6.45) is 5.73. The van der Waals surface area contributed by atoms with Crippen LogP contribution in [-0.4, -0.2) is 54.1 Å². The Hall–Kier alpha value is -4.64. The first-order chi connectivity index (χ1) is 27.1. The highest BCUT2D eigenvalue weighted by molar-refractivity contribution is 6.32. The fraction of sp³-hybridized carbons (Fsp3) is 0.435. The smallest absolute Gasteiger partial charge is 0.142 e. The molecular weight excluding hydrogens is 727 g/mol. The SMILES string of the molecule is Cc1c(OCCCN2CCC(C)(F)CC2)cccc1-c1cccc2c1CC[C@@H]2Oc1cc(OCc2cc(C#N)cc(C#N)c2)c(CN[C@@H]2CCC[C@H]2O)cc1Cl. The van der Waals surface area contributed by atoms with E-state index >= 15 is 0 Å². The number of alkyl halides is 1. The molecule has 3 atom stereocenters. The lowest BCUT2D eigenvalue weighted by Gasteiger charge is -2.34. The van der Waals surface area contributed by atoms with Gasteiger partial charge in [0.15, 0.2) is 0 Å². The minimum atomic E-state index is -1.04. The molecule has 1 saturated heterocycles. The van der Waals surface area contributed by atoms with Crippen LogP contribution in [0.3, 0.4) is 0 Å². The Morgan fingerprint density at radius 2 is 1.68 bits per heavy atom. The molecule has 0 aromatic heterocycles. The van der Waals surface area contributed by atoms with E-state index in [1.54, 1.807) is 25.1 Å². The maximum atomic E-state index is 14.2. The molecule has 0 bridgehead atoms. The lowest BCUT2D eigenvalue weighted by atomic mass is 9.93. The molecule has 0 unspecified atom stereocenters. The van der Waals surface area contributed by atoms with Crippen molar-refractivity contribution in [3.8, 4) is 40.5 Å².